The van der Waals surface area contributed by atoms with Gasteiger partial charge in [-0.3, -0.25) is 0 Å². The van der Waals surface area contributed by atoms with Gasteiger partial charge in [0.15, 0.2) is 0 Å². The van der Waals surface area contributed by atoms with Crippen molar-refractivity contribution >= 4 is 0 Å². The summed E-state index contributed by atoms with van der Waals surface area (Å²) in [6.07, 6.45) is 6.14. The van der Waals surface area contributed by atoms with E-state index in [0.717, 1.165) is 30.6 Å². The van der Waals surface area contributed by atoms with Gasteiger partial charge in [-0.05, 0) is 66.7 Å². The van der Waals surface area contributed by atoms with Crippen LogP contribution in [0.25, 0.3) is 0 Å². The summed E-state index contributed by atoms with van der Waals surface area (Å²) in [5, 5.41) is 3.93. The Morgan fingerprint density at radius 2 is 2.00 bits per heavy atom. The van der Waals surface area contributed by atoms with Crippen molar-refractivity contribution in [3.63, 3.8) is 0 Å². The van der Waals surface area contributed by atoms with Gasteiger partial charge in [0, 0.05) is 12.1 Å². The van der Waals surface area contributed by atoms with Gasteiger partial charge in [0.2, 0.25) is 0 Å². The maximum Gasteiger partial charge on any atom is 0.123 e. The molecule has 2 aliphatic rings. The fourth-order valence-electron chi connectivity index (χ4n) is 4.41. The highest BCUT2D eigenvalue weighted by atomic mass is 19.1. The van der Waals surface area contributed by atoms with E-state index >= 15 is 0 Å². The van der Waals surface area contributed by atoms with E-state index in [1.54, 1.807) is 12.1 Å². The van der Waals surface area contributed by atoms with Crippen molar-refractivity contribution in [2.24, 2.45) is 17.8 Å². The Morgan fingerprint density at radius 1 is 1.19 bits per heavy atom. The first-order valence-corrected chi connectivity index (χ1v) is 8.59. The minimum atomic E-state index is -0.0965. The Kier molecular flexibility index (Phi) is 4.35. The Morgan fingerprint density at radius 3 is 2.76 bits per heavy atom. The third-order valence-electron chi connectivity index (χ3n) is 5.62. The first-order valence-electron chi connectivity index (χ1n) is 8.59. The number of rotatable bonds is 3. The molecule has 116 valence electrons. The number of benzene rings is 1. The van der Waals surface area contributed by atoms with Crippen LogP contribution in [0.1, 0.15) is 63.6 Å². The molecule has 0 spiro atoms. The number of aryl methyl sites for hydroxylation is 1. The molecule has 3 rings (SSSR count). The van der Waals surface area contributed by atoms with E-state index in [2.05, 4.69) is 26.1 Å². The molecule has 0 heterocycles. The molecule has 1 N–H and O–H groups in total. The van der Waals surface area contributed by atoms with Crippen molar-refractivity contribution in [2.45, 2.75) is 65.0 Å². The number of halogens is 1. The lowest BCUT2D eigenvalue weighted by molar-refractivity contribution is 0.159. The highest BCUT2D eigenvalue weighted by Gasteiger charge is 2.33. The average Bonchev–Trinajstić information content (AvgIpc) is 2.81. The van der Waals surface area contributed by atoms with Gasteiger partial charge in [-0.25, -0.2) is 4.39 Å². The van der Waals surface area contributed by atoms with Crippen molar-refractivity contribution in [2.75, 3.05) is 0 Å². The van der Waals surface area contributed by atoms with Crippen LogP contribution < -0.4 is 5.32 Å². The molecular formula is C19H28FN. The molecule has 4 unspecified atom stereocenters. The number of nitrogens with one attached hydrogen (secondary N) is 1. The quantitative estimate of drug-likeness (QED) is 0.837. The van der Waals surface area contributed by atoms with Gasteiger partial charge in [0.25, 0.3) is 0 Å². The Balaban J connectivity index is 1.74. The van der Waals surface area contributed by atoms with Gasteiger partial charge < -0.3 is 5.32 Å². The fraction of sp³-hybridized carbons (Fsp3) is 0.684. The molecule has 21 heavy (non-hydrogen) atoms. The zero-order valence-electron chi connectivity index (χ0n) is 13.5. The van der Waals surface area contributed by atoms with Crippen LogP contribution in [0.2, 0.25) is 0 Å². The topological polar surface area (TPSA) is 12.0 Å². The zero-order chi connectivity index (χ0) is 15.0. The van der Waals surface area contributed by atoms with Crippen LogP contribution in [-0.2, 0) is 6.42 Å². The summed E-state index contributed by atoms with van der Waals surface area (Å²) in [6.45, 7) is 7.09. The molecule has 0 saturated heterocycles. The van der Waals surface area contributed by atoms with Crippen molar-refractivity contribution < 1.29 is 4.39 Å². The van der Waals surface area contributed by atoms with Crippen molar-refractivity contribution in [3.8, 4) is 0 Å². The van der Waals surface area contributed by atoms with Crippen LogP contribution >= 0.6 is 0 Å². The summed E-state index contributed by atoms with van der Waals surface area (Å²) in [4.78, 5) is 0. The molecule has 2 aliphatic carbocycles. The van der Waals surface area contributed by atoms with Crippen LogP contribution in [0.15, 0.2) is 18.2 Å². The minimum absolute atomic E-state index is 0.0965. The standard InChI is InChI=1S/C19H28FN/c1-12(2)16-7-4-13(3)10-19(16)21-18-9-5-14-11-15(20)6-8-17(14)18/h6,8,11-13,16,18-19,21H,4-5,7,9-10H2,1-3H3. The van der Waals surface area contributed by atoms with E-state index in [1.165, 1.54) is 30.4 Å². The molecule has 1 saturated carbocycles. The van der Waals surface area contributed by atoms with Crippen molar-refractivity contribution in [3.05, 3.63) is 35.1 Å². The molecule has 0 amide bonds. The highest BCUT2D eigenvalue weighted by molar-refractivity contribution is 5.35. The zero-order valence-corrected chi connectivity index (χ0v) is 13.5. The van der Waals surface area contributed by atoms with Gasteiger partial charge in [0.1, 0.15) is 5.82 Å². The van der Waals surface area contributed by atoms with E-state index < -0.39 is 0 Å². The molecule has 0 bridgehead atoms. The molecule has 0 aliphatic heterocycles. The summed E-state index contributed by atoms with van der Waals surface area (Å²) >= 11 is 0. The monoisotopic (exact) mass is 289 g/mol. The molecule has 0 radical (unpaired) electrons. The Bertz CT molecular complexity index is 496. The predicted octanol–water partition coefficient (Wildman–Crippen LogP) is 4.86. The highest BCUT2D eigenvalue weighted by Crippen LogP contribution is 2.37. The molecule has 1 fully saturated rings. The van der Waals surface area contributed by atoms with Crippen LogP contribution in [0.4, 0.5) is 4.39 Å². The normalized spacial score (nSPS) is 32.4. The van der Waals surface area contributed by atoms with E-state index in [9.17, 15) is 4.39 Å². The number of hydrogen-bond donors (Lipinski definition) is 1. The Hall–Kier alpha value is -0.890. The summed E-state index contributed by atoms with van der Waals surface area (Å²) in [7, 11) is 0. The van der Waals surface area contributed by atoms with Crippen LogP contribution in [0.3, 0.4) is 0 Å². The second-order valence-corrected chi connectivity index (χ2v) is 7.53. The van der Waals surface area contributed by atoms with E-state index in [0.29, 0.717) is 12.1 Å². The van der Waals surface area contributed by atoms with Gasteiger partial charge in [-0.1, -0.05) is 33.3 Å². The Labute approximate surface area is 128 Å². The maximum absolute atomic E-state index is 13.3. The first-order chi connectivity index (χ1) is 10.0. The van der Waals surface area contributed by atoms with Crippen LogP contribution in [0, 0.1) is 23.6 Å². The second kappa shape index (κ2) is 6.08. The van der Waals surface area contributed by atoms with E-state index in [-0.39, 0.29) is 5.82 Å². The van der Waals surface area contributed by atoms with Crippen molar-refractivity contribution in [1.29, 1.82) is 0 Å². The van der Waals surface area contributed by atoms with Gasteiger partial charge >= 0.3 is 0 Å². The average molecular weight is 289 g/mol. The minimum Gasteiger partial charge on any atom is -0.307 e. The van der Waals surface area contributed by atoms with Crippen LogP contribution in [0.5, 0.6) is 0 Å². The summed E-state index contributed by atoms with van der Waals surface area (Å²) < 4.78 is 13.3. The molecule has 1 aromatic rings. The van der Waals surface area contributed by atoms with Crippen LogP contribution in [-0.4, -0.2) is 6.04 Å². The molecule has 1 aromatic carbocycles. The third-order valence-corrected chi connectivity index (χ3v) is 5.62. The van der Waals surface area contributed by atoms with Gasteiger partial charge in [0.05, 0.1) is 0 Å². The summed E-state index contributed by atoms with van der Waals surface area (Å²) in [5.74, 6) is 2.25. The summed E-state index contributed by atoms with van der Waals surface area (Å²) in [6, 6.07) is 6.38. The van der Waals surface area contributed by atoms with Gasteiger partial charge in [-0.2, -0.15) is 0 Å². The molecule has 4 atom stereocenters. The lowest BCUT2D eigenvalue weighted by atomic mass is 9.73. The lowest BCUT2D eigenvalue weighted by Crippen LogP contribution is -2.44. The number of fused-ring (bicyclic) bond motifs is 1. The molecule has 2 heteroatoms. The smallest absolute Gasteiger partial charge is 0.123 e. The third kappa shape index (κ3) is 3.15. The van der Waals surface area contributed by atoms with E-state index in [1.807, 2.05) is 6.07 Å². The number of hydrogen-bond acceptors (Lipinski definition) is 1. The maximum atomic E-state index is 13.3. The van der Waals surface area contributed by atoms with E-state index in [4.69, 9.17) is 0 Å². The van der Waals surface area contributed by atoms with Gasteiger partial charge in [-0.15, -0.1) is 0 Å². The van der Waals surface area contributed by atoms with Crippen molar-refractivity contribution in [1.82, 2.24) is 5.32 Å². The second-order valence-electron chi connectivity index (χ2n) is 7.53. The molecule has 0 aromatic heterocycles. The molecular weight excluding hydrogens is 261 g/mol. The summed E-state index contributed by atoms with van der Waals surface area (Å²) in [5.41, 5.74) is 2.54. The SMILES string of the molecule is CC1CCC(C(C)C)C(NC2CCc3cc(F)ccc32)C1. The lowest BCUT2D eigenvalue weighted by Gasteiger charge is -2.39. The first kappa shape index (κ1) is 15.0. The largest absolute Gasteiger partial charge is 0.307 e. The fourth-order valence-corrected chi connectivity index (χ4v) is 4.41. The molecule has 1 nitrogen and oxygen atoms in total. The predicted molar refractivity (Wildman–Crippen MR) is 85.7 cm³/mol.